The summed E-state index contributed by atoms with van der Waals surface area (Å²) < 4.78 is 38.5. The van der Waals surface area contributed by atoms with Gasteiger partial charge < -0.3 is 5.32 Å². The molecule has 0 aliphatic heterocycles. The molecular formula is C15H17FN2O3S2. The first-order valence-corrected chi connectivity index (χ1v) is 9.24. The minimum Gasteiger partial charge on any atom is -0.351 e. The summed E-state index contributed by atoms with van der Waals surface area (Å²) in [6.45, 7) is 0.284. The van der Waals surface area contributed by atoms with Crippen molar-refractivity contribution in [3.8, 4) is 0 Å². The molecule has 1 aromatic heterocycles. The minimum atomic E-state index is -3.44. The zero-order chi connectivity index (χ0) is 16.9. The van der Waals surface area contributed by atoms with Crippen molar-refractivity contribution in [1.29, 1.82) is 0 Å². The summed E-state index contributed by atoms with van der Waals surface area (Å²) in [5.41, 5.74) is 0.889. The number of nitrogens with one attached hydrogen (secondary N) is 2. The maximum Gasteiger partial charge on any atom is 0.249 e. The Morgan fingerprint density at radius 2 is 1.87 bits per heavy atom. The Labute approximate surface area is 138 Å². The molecule has 124 valence electrons. The molecule has 0 bridgehead atoms. The number of rotatable bonds is 7. The summed E-state index contributed by atoms with van der Waals surface area (Å²) in [7, 11) is -2.09. The average Bonchev–Trinajstić information content (AvgIpc) is 3.02. The molecule has 2 aromatic rings. The summed E-state index contributed by atoms with van der Waals surface area (Å²) in [4.78, 5) is 12.6. The molecule has 5 nitrogen and oxygen atoms in total. The van der Waals surface area contributed by atoms with Gasteiger partial charge in [-0.05, 0) is 43.3 Å². The average molecular weight is 356 g/mol. The van der Waals surface area contributed by atoms with Gasteiger partial charge in [-0.2, -0.15) is 0 Å². The van der Waals surface area contributed by atoms with Crippen molar-refractivity contribution >= 4 is 27.3 Å². The highest BCUT2D eigenvalue weighted by Crippen LogP contribution is 2.21. The van der Waals surface area contributed by atoms with Crippen LogP contribution in [0.1, 0.15) is 16.9 Å². The smallest absolute Gasteiger partial charge is 0.249 e. The van der Waals surface area contributed by atoms with Gasteiger partial charge in [0.2, 0.25) is 15.9 Å². The van der Waals surface area contributed by atoms with Crippen LogP contribution in [0.15, 0.2) is 40.6 Å². The molecule has 0 radical (unpaired) electrons. The lowest BCUT2D eigenvalue weighted by Crippen LogP contribution is -2.22. The lowest BCUT2D eigenvalue weighted by Gasteiger charge is -2.04. The van der Waals surface area contributed by atoms with Gasteiger partial charge in [0.15, 0.2) is 0 Å². The largest absolute Gasteiger partial charge is 0.351 e. The van der Waals surface area contributed by atoms with Crippen LogP contribution in [0.25, 0.3) is 0 Å². The van der Waals surface area contributed by atoms with Gasteiger partial charge in [0.25, 0.3) is 0 Å². The number of carbonyl (C=O) groups excluding carboxylic acids is 1. The minimum absolute atomic E-state index is 0.138. The molecule has 1 heterocycles. The molecule has 0 saturated carbocycles. The number of hydrogen-bond donors (Lipinski definition) is 2. The quantitative estimate of drug-likeness (QED) is 0.797. The first kappa shape index (κ1) is 17.6. The van der Waals surface area contributed by atoms with Gasteiger partial charge in [0.1, 0.15) is 10.0 Å². The Morgan fingerprint density at radius 1 is 1.17 bits per heavy atom. The highest BCUT2D eigenvalue weighted by molar-refractivity contribution is 7.91. The molecule has 0 aliphatic carbocycles. The summed E-state index contributed by atoms with van der Waals surface area (Å²) in [5.74, 6) is -0.441. The molecule has 1 aromatic carbocycles. The maximum absolute atomic E-state index is 12.8. The lowest BCUT2D eigenvalue weighted by atomic mass is 10.1. The Bertz CT molecular complexity index is 770. The standard InChI is InChI=1S/C15H17FN2O3S2/c1-17-23(20,21)15-9-7-13(22-15)10-18-14(19)8-4-11-2-5-12(16)6-3-11/h2-3,5-7,9,17H,4,8,10H2,1H3,(H,18,19). The number of hydrogen-bond acceptors (Lipinski definition) is 4. The van der Waals surface area contributed by atoms with Gasteiger partial charge in [-0.25, -0.2) is 17.5 Å². The van der Waals surface area contributed by atoms with E-state index in [9.17, 15) is 17.6 Å². The molecule has 0 aliphatic rings. The molecule has 23 heavy (non-hydrogen) atoms. The Morgan fingerprint density at radius 3 is 2.52 bits per heavy atom. The van der Waals surface area contributed by atoms with E-state index in [1.807, 2.05) is 0 Å². The van der Waals surface area contributed by atoms with Crippen LogP contribution in [0, 0.1) is 5.82 Å². The van der Waals surface area contributed by atoms with E-state index < -0.39 is 10.0 Å². The Balaban J connectivity index is 1.81. The predicted molar refractivity (Wildman–Crippen MR) is 87.1 cm³/mol. The summed E-state index contributed by atoms with van der Waals surface area (Å²) in [6, 6.07) is 9.21. The van der Waals surface area contributed by atoms with E-state index >= 15 is 0 Å². The maximum atomic E-state index is 12.8. The van der Waals surface area contributed by atoms with Crippen molar-refractivity contribution in [2.75, 3.05) is 7.05 Å². The zero-order valence-corrected chi connectivity index (χ0v) is 14.1. The van der Waals surface area contributed by atoms with Crippen LogP contribution in [0.4, 0.5) is 4.39 Å². The molecule has 0 saturated heterocycles. The van der Waals surface area contributed by atoms with Crippen LogP contribution in [0.2, 0.25) is 0 Å². The summed E-state index contributed by atoms with van der Waals surface area (Å²) in [6.07, 6.45) is 0.814. The van der Waals surface area contributed by atoms with Crippen LogP contribution in [-0.4, -0.2) is 21.4 Å². The molecule has 0 spiro atoms. The summed E-state index contributed by atoms with van der Waals surface area (Å²) in [5, 5.41) is 2.75. The van der Waals surface area contributed by atoms with Crippen molar-refractivity contribution < 1.29 is 17.6 Å². The van der Waals surface area contributed by atoms with Crippen molar-refractivity contribution in [1.82, 2.24) is 10.0 Å². The number of sulfonamides is 1. The SMILES string of the molecule is CNS(=O)(=O)c1ccc(CNC(=O)CCc2ccc(F)cc2)s1. The van der Waals surface area contributed by atoms with Crippen LogP contribution in [-0.2, 0) is 27.8 Å². The van der Waals surface area contributed by atoms with Crippen LogP contribution < -0.4 is 10.0 Å². The molecule has 0 fully saturated rings. The second-order valence-corrected chi connectivity index (χ2v) is 8.11. The van der Waals surface area contributed by atoms with E-state index in [2.05, 4.69) is 10.0 Å². The first-order chi connectivity index (χ1) is 10.9. The van der Waals surface area contributed by atoms with Crippen molar-refractivity contribution in [2.45, 2.75) is 23.6 Å². The van der Waals surface area contributed by atoms with Gasteiger partial charge in [0, 0.05) is 11.3 Å². The second-order valence-electron chi connectivity index (χ2n) is 4.83. The van der Waals surface area contributed by atoms with Crippen LogP contribution in [0.3, 0.4) is 0 Å². The number of thiophene rings is 1. The Kier molecular flexibility index (Phi) is 5.86. The molecule has 2 rings (SSSR count). The normalized spacial score (nSPS) is 11.4. The highest BCUT2D eigenvalue weighted by atomic mass is 32.2. The second kappa shape index (κ2) is 7.67. The fourth-order valence-corrected chi connectivity index (χ4v) is 4.01. The molecular weight excluding hydrogens is 339 g/mol. The monoisotopic (exact) mass is 356 g/mol. The molecule has 0 atom stereocenters. The first-order valence-electron chi connectivity index (χ1n) is 6.94. The van der Waals surface area contributed by atoms with Gasteiger partial charge in [-0.3, -0.25) is 4.79 Å². The number of benzene rings is 1. The van der Waals surface area contributed by atoms with E-state index in [1.165, 1.54) is 25.2 Å². The van der Waals surface area contributed by atoms with Crippen molar-refractivity contribution in [2.24, 2.45) is 0 Å². The third-order valence-electron chi connectivity index (χ3n) is 3.18. The number of carbonyl (C=O) groups is 1. The van der Waals surface area contributed by atoms with Gasteiger partial charge in [0.05, 0.1) is 6.54 Å². The number of aryl methyl sites for hydroxylation is 1. The number of halogens is 1. The summed E-state index contributed by atoms with van der Waals surface area (Å²) >= 11 is 1.12. The highest BCUT2D eigenvalue weighted by Gasteiger charge is 2.14. The van der Waals surface area contributed by atoms with E-state index in [1.54, 1.807) is 18.2 Å². The molecule has 2 N–H and O–H groups in total. The van der Waals surface area contributed by atoms with Gasteiger partial charge in [-0.1, -0.05) is 12.1 Å². The van der Waals surface area contributed by atoms with Crippen LogP contribution in [0.5, 0.6) is 0 Å². The number of amides is 1. The van der Waals surface area contributed by atoms with E-state index in [-0.39, 0.29) is 22.5 Å². The topological polar surface area (TPSA) is 75.3 Å². The third kappa shape index (κ3) is 5.12. The van der Waals surface area contributed by atoms with E-state index in [0.29, 0.717) is 12.8 Å². The molecule has 0 unspecified atom stereocenters. The van der Waals surface area contributed by atoms with Gasteiger partial charge >= 0.3 is 0 Å². The molecule has 1 amide bonds. The predicted octanol–water partition coefficient (Wildman–Crippen LogP) is 2.04. The fraction of sp³-hybridized carbons (Fsp3) is 0.267. The van der Waals surface area contributed by atoms with Crippen molar-refractivity contribution in [3.05, 3.63) is 52.7 Å². The zero-order valence-electron chi connectivity index (χ0n) is 12.5. The van der Waals surface area contributed by atoms with E-state index in [0.717, 1.165) is 21.8 Å². The van der Waals surface area contributed by atoms with Crippen LogP contribution >= 0.6 is 11.3 Å². The van der Waals surface area contributed by atoms with E-state index in [4.69, 9.17) is 0 Å². The van der Waals surface area contributed by atoms with Crippen molar-refractivity contribution in [3.63, 3.8) is 0 Å². The third-order valence-corrected chi connectivity index (χ3v) is 6.18. The lowest BCUT2D eigenvalue weighted by molar-refractivity contribution is -0.121. The van der Waals surface area contributed by atoms with Gasteiger partial charge in [-0.15, -0.1) is 11.3 Å². The fourth-order valence-electron chi connectivity index (χ4n) is 1.88. The Hall–Kier alpha value is -1.77. The molecule has 8 heteroatoms.